The number of ether oxygens (including phenoxy) is 1. The van der Waals surface area contributed by atoms with Crippen molar-refractivity contribution in [2.45, 2.75) is 19.0 Å². The molecule has 128 valence electrons. The van der Waals surface area contributed by atoms with Crippen molar-refractivity contribution in [3.05, 3.63) is 70.0 Å². The molecule has 0 aliphatic carbocycles. The lowest BCUT2D eigenvalue weighted by atomic mass is 9.91. The maximum absolute atomic E-state index is 14.1. The van der Waals surface area contributed by atoms with E-state index < -0.39 is 29.0 Å². The van der Waals surface area contributed by atoms with E-state index in [0.717, 1.165) is 25.3 Å². The summed E-state index contributed by atoms with van der Waals surface area (Å²) >= 11 is 5.94. The Bertz CT molecular complexity index is 749. The van der Waals surface area contributed by atoms with Gasteiger partial charge < -0.3 is 4.74 Å². The second-order valence-electron chi connectivity index (χ2n) is 5.29. The summed E-state index contributed by atoms with van der Waals surface area (Å²) in [6, 6.07) is 6.87. The van der Waals surface area contributed by atoms with Crippen LogP contribution in [-0.4, -0.2) is 13.1 Å². The first-order valence-electron chi connectivity index (χ1n) is 7.01. The number of halogens is 4. The number of methoxy groups -OCH3 is 1. The monoisotopic (exact) mass is 357 g/mol. The van der Waals surface area contributed by atoms with E-state index in [1.54, 1.807) is 0 Å². The average Bonchev–Trinajstić information content (AvgIpc) is 2.55. The molecule has 1 N–H and O–H groups in total. The van der Waals surface area contributed by atoms with Crippen LogP contribution < -0.4 is 5.32 Å². The fraction of sp³-hybridized carbons (Fsp3) is 0.235. The highest BCUT2D eigenvalue weighted by atomic mass is 35.5. The topological polar surface area (TPSA) is 38.3 Å². The molecule has 1 atom stereocenters. The second kappa shape index (κ2) is 7.23. The van der Waals surface area contributed by atoms with Crippen molar-refractivity contribution >= 4 is 17.6 Å². The molecule has 0 amide bonds. The third kappa shape index (κ3) is 3.55. The lowest BCUT2D eigenvalue weighted by Gasteiger charge is -2.29. The number of rotatable bonds is 5. The zero-order valence-electron chi connectivity index (χ0n) is 13.0. The van der Waals surface area contributed by atoms with Gasteiger partial charge in [0, 0.05) is 22.7 Å². The molecule has 3 nitrogen and oxygen atoms in total. The van der Waals surface area contributed by atoms with Crippen LogP contribution >= 0.6 is 11.6 Å². The first-order valence-corrected chi connectivity index (χ1v) is 7.39. The van der Waals surface area contributed by atoms with Crippen molar-refractivity contribution in [2.75, 3.05) is 7.11 Å². The molecule has 2 rings (SSSR count). The van der Waals surface area contributed by atoms with Crippen molar-refractivity contribution in [1.29, 1.82) is 0 Å². The van der Waals surface area contributed by atoms with Gasteiger partial charge in [-0.15, -0.1) is 0 Å². The van der Waals surface area contributed by atoms with Crippen LogP contribution in [-0.2, 0) is 21.6 Å². The summed E-state index contributed by atoms with van der Waals surface area (Å²) in [5.74, 6) is -2.94. The van der Waals surface area contributed by atoms with Crippen molar-refractivity contribution in [2.24, 2.45) is 0 Å². The van der Waals surface area contributed by atoms with Crippen molar-refractivity contribution in [3.63, 3.8) is 0 Å². The van der Waals surface area contributed by atoms with Crippen LogP contribution in [0.1, 0.15) is 18.1 Å². The van der Waals surface area contributed by atoms with Gasteiger partial charge >= 0.3 is 5.97 Å². The Labute approximate surface area is 142 Å². The number of hydrogen-bond acceptors (Lipinski definition) is 3. The number of hydrogen-bond donors (Lipinski definition) is 1. The maximum Gasteiger partial charge on any atom is 0.330 e. The van der Waals surface area contributed by atoms with E-state index in [4.69, 9.17) is 16.3 Å². The van der Waals surface area contributed by atoms with E-state index in [1.165, 1.54) is 25.1 Å². The van der Waals surface area contributed by atoms with Gasteiger partial charge in [0.1, 0.15) is 23.0 Å². The van der Waals surface area contributed by atoms with Crippen molar-refractivity contribution in [3.8, 4) is 0 Å². The van der Waals surface area contributed by atoms with Gasteiger partial charge in [0.15, 0.2) is 0 Å². The van der Waals surface area contributed by atoms with Crippen LogP contribution in [0.4, 0.5) is 13.2 Å². The predicted molar refractivity (Wildman–Crippen MR) is 84.0 cm³/mol. The van der Waals surface area contributed by atoms with Gasteiger partial charge in [-0.25, -0.2) is 18.0 Å². The number of nitrogens with one attached hydrogen (secondary N) is 1. The molecular formula is C17H15ClF3NO2. The molecule has 0 spiro atoms. The van der Waals surface area contributed by atoms with Gasteiger partial charge in [0.25, 0.3) is 0 Å². The Morgan fingerprint density at radius 3 is 2.54 bits per heavy atom. The number of esters is 1. The highest BCUT2D eigenvalue weighted by Crippen LogP contribution is 2.28. The molecule has 0 aromatic heterocycles. The Kier molecular flexibility index (Phi) is 5.51. The predicted octanol–water partition coefficient (Wildman–Crippen LogP) is 3.94. The average molecular weight is 358 g/mol. The second-order valence-corrected chi connectivity index (χ2v) is 5.70. The lowest BCUT2D eigenvalue weighted by molar-refractivity contribution is -0.148. The minimum atomic E-state index is -1.73. The summed E-state index contributed by atoms with van der Waals surface area (Å²) in [4.78, 5) is 12.2. The fourth-order valence-corrected chi connectivity index (χ4v) is 2.56. The van der Waals surface area contributed by atoms with Gasteiger partial charge in [-0.3, -0.25) is 5.32 Å². The summed E-state index contributed by atoms with van der Waals surface area (Å²) in [5.41, 5.74) is -1.88. The zero-order valence-corrected chi connectivity index (χ0v) is 13.8. The maximum atomic E-state index is 14.1. The molecule has 0 aliphatic rings. The molecule has 24 heavy (non-hydrogen) atoms. The highest BCUT2D eigenvalue weighted by molar-refractivity contribution is 6.31. The van der Waals surface area contributed by atoms with Crippen molar-refractivity contribution < 1.29 is 22.7 Å². The Balaban J connectivity index is 2.42. The molecule has 0 saturated heterocycles. The molecule has 2 aromatic rings. The fourth-order valence-electron chi connectivity index (χ4n) is 2.33. The first kappa shape index (κ1) is 18.3. The Morgan fingerprint density at radius 1 is 1.21 bits per heavy atom. The standard InChI is InChI=1S/C17H15ClF3NO2/c1-17(16(23)24-2,12-8-10(19)6-7-15(12)21)22-9-11-13(18)4-3-5-14(11)20/h3-8,22H,9H2,1-2H3. The van der Waals surface area contributed by atoms with Gasteiger partial charge in [0.2, 0.25) is 0 Å². The van der Waals surface area contributed by atoms with E-state index >= 15 is 0 Å². The van der Waals surface area contributed by atoms with Crippen LogP contribution in [0.25, 0.3) is 0 Å². The Morgan fingerprint density at radius 2 is 1.92 bits per heavy atom. The van der Waals surface area contributed by atoms with E-state index in [1.807, 2.05) is 0 Å². The SMILES string of the molecule is COC(=O)C(C)(NCc1c(F)cccc1Cl)c1cc(F)ccc1F. The van der Waals surface area contributed by atoms with Gasteiger partial charge in [-0.05, 0) is 37.3 Å². The quantitative estimate of drug-likeness (QED) is 0.824. The summed E-state index contributed by atoms with van der Waals surface area (Å²) in [6.07, 6.45) is 0. The lowest BCUT2D eigenvalue weighted by Crippen LogP contribution is -2.47. The van der Waals surface area contributed by atoms with Crippen LogP contribution in [0.5, 0.6) is 0 Å². The normalized spacial score (nSPS) is 13.4. The smallest absolute Gasteiger partial charge is 0.330 e. The van der Waals surface area contributed by atoms with Crippen LogP contribution in [0, 0.1) is 17.5 Å². The zero-order chi connectivity index (χ0) is 17.9. The highest BCUT2D eigenvalue weighted by Gasteiger charge is 2.39. The summed E-state index contributed by atoms with van der Waals surface area (Å²) in [5, 5.41) is 2.87. The molecule has 0 heterocycles. The largest absolute Gasteiger partial charge is 0.467 e. The van der Waals surface area contributed by atoms with E-state index in [0.29, 0.717) is 0 Å². The number of carbonyl (C=O) groups is 1. The third-order valence-electron chi connectivity index (χ3n) is 3.74. The molecule has 0 bridgehead atoms. The van der Waals surface area contributed by atoms with Crippen LogP contribution in [0.3, 0.4) is 0 Å². The van der Waals surface area contributed by atoms with E-state index in [2.05, 4.69) is 5.32 Å². The minimum absolute atomic E-state index is 0.103. The Hall–Kier alpha value is -2.05. The van der Waals surface area contributed by atoms with Gasteiger partial charge in [-0.1, -0.05) is 17.7 Å². The van der Waals surface area contributed by atoms with Gasteiger partial charge in [-0.2, -0.15) is 0 Å². The molecule has 0 saturated carbocycles. The van der Waals surface area contributed by atoms with Crippen molar-refractivity contribution in [1.82, 2.24) is 5.32 Å². The van der Waals surface area contributed by atoms with Gasteiger partial charge in [0.05, 0.1) is 7.11 Å². The summed E-state index contributed by atoms with van der Waals surface area (Å²) in [6.45, 7) is 1.14. The molecule has 0 aliphatic heterocycles. The third-order valence-corrected chi connectivity index (χ3v) is 4.10. The molecular weight excluding hydrogens is 343 g/mol. The van der Waals surface area contributed by atoms with Crippen LogP contribution in [0.2, 0.25) is 5.02 Å². The minimum Gasteiger partial charge on any atom is -0.467 e. The molecule has 7 heteroatoms. The molecule has 1 unspecified atom stereocenters. The molecule has 2 aromatic carbocycles. The van der Waals surface area contributed by atoms with Crippen LogP contribution in [0.15, 0.2) is 36.4 Å². The number of benzene rings is 2. The molecule has 0 radical (unpaired) electrons. The number of carbonyl (C=O) groups excluding carboxylic acids is 1. The summed E-state index contributed by atoms with van der Waals surface area (Å²) in [7, 11) is 1.12. The van der Waals surface area contributed by atoms with E-state index in [9.17, 15) is 18.0 Å². The molecule has 0 fully saturated rings. The first-order chi connectivity index (χ1) is 11.3. The van der Waals surface area contributed by atoms with E-state index in [-0.39, 0.29) is 22.7 Å². The summed E-state index contributed by atoms with van der Waals surface area (Å²) < 4.78 is 46.2.